The minimum Gasteiger partial charge on any atom is -0.352 e. The number of hydrogen-bond acceptors (Lipinski definition) is 2. The second-order valence-electron chi connectivity index (χ2n) is 5.36. The number of carbonyl (C=O) groups excluding carboxylic acids is 1. The maximum Gasteiger partial charge on any atom is 0.221 e. The molecular weight excluding hydrogens is 236 g/mol. The molecule has 104 valence electrons. The number of rotatable bonds is 5. The molecule has 0 aliphatic carbocycles. The van der Waals surface area contributed by atoms with Gasteiger partial charge in [0.25, 0.3) is 0 Å². The molecule has 0 atom stereocenters. The van der Waals surface area contributed by atoms with Crippen molar-refractivity contribution in [1.82, 2.24) is 10.2 Å². The number of likely N-dealkylation sites (tertiary alicyclic amines) is 1. The molecule has 1 aromatic rings. The van der Waals surface area contributed by atoms with E-state index in [2.05, 4.69) is 29.3 Å². The summed E-state index contributed by atoms with van der Waals surface area (Å²) in [4.78, 5) is 14.2. The van der Waals surface area contributed by atoms with E-state index >= 15 is 0 Å². The monoisotopic (exact) mass is 260 g/mol. The van der Waals surface area contributed by atoms with E-state index < -0.39 is 0 Å². The van der Waals surface area contributed by atoms with Gasteiger partial charge in [0.1, 0.15) is 0 Å². The van der Waals surface area contributed by atoms with E-state index in [1.54, 1.807) is 0 Å². The third kappa shape index (κ3) is 4.67. The fourth-order valence-electron chi connectivity index (χ4n) is 2.53. The summed E-state index contributed by atoms with van der Waals surface area (Å²) in [5.41, 5.74) is 2.44. The third-order valence-corrected chi connectivity index (χ3v) is 3.84. The Hall–Kier alpha value is -1.35. The number of piperidine rings is 1. The van der Waals surface area contributed by atoms with Gasteiger partial charge in [0, 0.05) is 19.5 Å². The lowest BCUT2D eigenvalue weighted by molar-refractivity contribution is -0.121. The van der Waals surface area contributed by atoms with Crippen LogP contribution in [0.25, 0.3) is 0 Å². The third-order valence-electron chi connectivity index (χ3n) is 3.84. The lowest BCUT2D eigenvalue weighted by atomic mass is 10.1. The van der Waals surface area contributed by atoms with Crippen LogP contribution < -0.4 is 5.32 Å². The second-order valence-corrected chi connectivity index (χ2v) is 5.36. The van der Waals surface area contributed by atoms with Crippen molar-refractivity contribution in [2.75, 3.05) is 19.6 Å². The fraction of sp³-hybridized carbons (Fsp3) is 0.562. The van der Waals surface area contributed by atoms with Crippen LogP contribution >= 0.6 is 0 Å². The molecule has 1 amide bonds. The highest BCUT2D eigenvalue weighted by atomic mass is 16.1. The molecule has 3 nitrogen and oxygen atoms in total. The van der Waals surface area contributed by atoms with Crippen LogP contribution in [0, 0.1) is 6.92 Å². The Morgan fingerprint density at radius 2 is 1.95 bits per heavy atom. The highest BCUT2D eigenvalue weighted by Gasteiger charge is 2.11. The first-order valence-corrected chi connectivity index (χ1v) is 7.29. The quantitative estimate of drug-likeness (QED) is 0.882. The average Bonchev–Trinajstić information content (AvgIpc) is 2.45. The summed E-state index contributed by atoms with van der Waals surface area (Å²) in [6, 6.07) is 8.19. The van der Waals surface area contributed by atoms with Crippen molar-refractivity contribution in [3.05, 3.63) is 35.4 Å². The normalized spacial score (nSPS) is 16.3. The maximum atomic E-state index is 11.8. The van der Waals surface area contributed by atoms with E-state index in [0.29, 0.717) is 13.0 Å². The van der Waals surface area contributed by atoms with Crippen LogP contribution in [-0.2, 0) is 11.3 Å². The molecule has 0 saturated carbocycles. The molecule has 1 fully saturated rings. The molecule has 0 bridgehead atoms. The predicted molar refractivity (Wildman–Crippen MR) is 77.9 cm³/mol. The van der Waals surface area contributed by atoms with Crippen LogP contribution in [0.5, 0.6) is 0 Å². The van der Waals surface area contributed by atoms with Gasteiger partial charge in [-0.15, -0.1) is 0 Å². The van der Waals surface area contributed by atoms with E-state index in [9.17, 15) is 4.79 Å². The molecule has 2 rings (SSSR count). The van der Waals surface area contributed by atoms with Gasteiger partial charge in [-0.25, -0.2) is 0 Å². The molecule has 1 heterocycles. The lowest BCUT2D eigenvalue weighted by Crippen LogP contribution is -2.34. The summed E-state index contributed by atoms with van der Waals surface area (Å²) in [6.07, 6.45) is 4.53. The first-order chi connectivity index (χ1) is 9.25. The number of benzene rings is 1. The molecule has 1 saturated heterocycles. The van der Waals surface area contributed by atoms with Gasteiger partial charge in [-0.1, -0.05) is 30.7 Å². The molecule has 1 aliphatic rings. The molecule has 0 radical (unpaired) electrons. The first kappa shape index (κ1) is 14.1. The SMILES string of the molecule is Cc1ccccc1CNC(=O)CCN1CCCCC1. The van der Waals surface area contributed by atoms with Gasteiger partial charge >= 0.3 is 0 Å². The van der Waals surface area contributed by atoms with Crippen LogP contribution in [0.2, 0.25) is 0 Å². The fourth-order valence-corrected chi connectivity index (χ4v) is 2.53. The average molecular weight is 260 g/mol. The Labute approximate surface area is 116 Å². The van der Waals surface area contributed by atoms with Gasteiger partial charge in [0.15, 0.2) is 0 Å². The number of nitrogens with one attached hydrogen (secondary N) is 1. The second kappa shape index (κ2) is 7.29. The van der Waals surface area contributed by atoms with Crippen LogP contribution in [0.1, 0.15) is 36.8 Å². The minimum atomic E-state index is 0.161. The highest BCUT2D eigenvalue weighted by Crippen LogP contribution is 2.09. The van der Waals surface area contributed by atoms with Crippen molar-refractivity contribution in [1.29, 1.82) is 0 Å². The highest BCUT2D eigenvalue weighted by molar-refractivity contribution is 5.76. The standard InChI is InChI=1S/C16H24N2O/c1-14-7-3-4-8-15(14)13-17-16(19)9-12-18-10-5-2-6-11-18/h3-4,7-8H,2,5-6,9-13H2,1H3,(H,17,19). The molecule has 0 unspecified atom stereocenters. The van der Waals surface area contributed by atoms with Crippen LogP contribution in [0.15, 0.2) is 24.3 Å². The molecule has 19 heavy (non-hydrogen) atoms. The molecular formula is C16H24N2O. The number of hydrogen-bond donors (Lipinski definition) is 1. The summed E-state index contributed by atoms with van der Waals surface area (Å²) in [5, 5.41) is 3.01. The van der Waals surface area contributed by atoms with E-state index in [1.165, 1.54) is 30.4 Å². The van der Waals surface area contributed by atoms with Crippen molar-refractivity contribution >= 4 is 5.91 Å². The molecule has 1 aromatic carbocycles. The van der Waals surface area contributed by atoms with Gasteiger partial charge in [-0.05, 0) is 44.0 Å². The topological polar surface area (TPSA) is 32.3 Å². The Bertz CT molecular complexity index is 411. The molecule has 1 N–H and O–H groups in total. The zero-order valence-corrected chi connectivity index (χ0v) is 11.8. The lowest BCUT2D eigenvalue weighted by Gasteiger charge is -2.25. The molecule has 1 aliphatic heterocycles. The van der Waals surface area contributed by atoms with Crippen LogP contribution in [-0.4, -0.2) is 30.4 Å². The summed E-state index contributed by atoms with van der Waals surface area (Å²) >= 11 is 0. The predicted octanol–water partition coefficient (Wildman–Crippen LogP) is 2.49. The Morgan fingerprint density at radius 1 is 1.21 bits per heavy atom. The van der Waals surface area contributed by atoms with Gasteiger partial charge in [0.05, 0.1) is 0 Å². The van der Waals surface area contributed by atoms with E-state index in [-0.39, 0.29) is 5.91 Å². The minimum absolute atomic E-state index is 0.161. The Balaban J connectivity index is 1.68. The summed E-state index contributed by atoms with van der Waals surface area (Å²) < 4.78 is 0. The van der Waals surface area contributed by atoms with E-state index in [1.807, 2.05) is 12.1 Å². The smallest absolute Gasteiger partial charge is 0.221 e. The van der Waals surface area contributed by atoms with Gasteiger partial charge < -0.3 is 10.2 Å². The largest absolute Gasteiger partial charge is 0.352 e. The maximum absolute atomic E-state index is 11.8. The van der Waals surface area contributed by atoms with Crippen LogP contribution in [0.3, 0.4) is 0 Å². The number of amides is 1. The zero-order chi connectivity index (χ0) is 13.5. The van der Waals surface area contributed by atoms with E-state index in [4.69, 9.17) is 0 Å². The Kier molecular flexibility index (Phi) is 5.40. The van der Waals surface area contributed by atoms with Crippen molar-refractivity contribution in [2.45, 2.75) is 39.2 Å². The van der Waals surface area contributed by atoms with Crippen molar-refractivity contribution < 1.29 is 4.79 Å². The number of aryl methyl sites for hydroxylation is 1. The van der Waals surface area contributed by atoms with Crippen molar-refractivity contribution in [3.8, 4) is 0 Å². The molecule has 0 aromatic heterocycles. The summed E-state index contributed by atoms with van der Waals surface area (Å²) in [6.45, 7) is 5.94. The van der Waals surface area contributed by atoms with Crippen molar-refractivity contribution in [2.24, 2.45) is 0 Å². The summed E-state index contributed by atoms with van der Waals surface area (Å²) in [5.74, 6) is 0.161. The van der Waals surface area contributed by atoms with Gasteiger partial charge in [-0.2, -0.15) is 0 Å². The van der Waals surface area contributed by atoms with Crippen LogP contribution in [0.4, 0.5) is 0 Å². The van der Waals surface area contributed by atoms with Crippen molar-refractivity contribution in [3.63, 3.8) is 0 Å². The van der Waals surface area contributed by atoms with Gasteiger partial charge in [-0.3, -0.25) is 4.79 Å². The summed E-state index contributed by atoms with van der Waals surface area (Å²) in [7, 11) is 0. The molecule has 0 spiro atoms. The number of nitrogens with zero attached hydrogens (tertiary/aromatic N) is 1. The zero-order valence-electron chi connectivity index (χ0n) is 11.8. The molecule has 3 heteroatoms. The first-order valence-electron chi connectivity index (χ1n) is 7.29. The Morgan fingerprint density at radius 3 is 2.68 bits per heavy atom. The number of carbonyl (C=O) groups is 1. The van der Waals surface area contributed by atoms with E-state index in [0.717, 1.165) is 19.6 Å². The van der Waals surface area contributed by atoms with Gasteiger partial charge in [0.2, 0.25) is 5.91 Å².